The van der Waals surface area contributed by atoms with E-state index < -0.39 is 0 Å². The van der Waals surface area contributed by atoms with Crippen LogP contribution in [0, 0.1) is 12.7 Å². The van der Waals surface area contributed by atoms with Gasteiger partial charge < -0.3 is 5.32 Å². The van der Waals surface area contributed by atoms with Gasteiger partial charge in [0.25, 0.3) is 0 Å². The Morgan fingerprint density at radius 2 is 2.11 bits per heavy atom. The molecule has 0 saturated carbocycles. The fourth-order valence-electron chi connectivity index (χ4n) is 2.02. The molecule has 2 nitrogen and oxygen atoms in total. The Bertz CT molecular complexity index is 572. The van der Waals surface area contributed by atoms with E-state index in [4.69, 9.17) is 11.6 Å². The second-order valence-corrected chi connectivity index (χ2v) is 4.89. The molecule has 0 bridgehead atoms. The van der Waals surface area contributed by atoms with Crippen molar-refractivity contribution < 1.29 is 4.39 Å². The minimum Gasteiger partial charge on any atom is -0.311 e. The summed E-state index contributed by atoms with van der Waals surface area (Å²) in [7, 11) is 1.88. The summed E-state index contributed by atoms with van der Waals surface area (Å²) in [5.74, 6) is -0.316. The highest BCUT2D eigenvalue weighted by molar-refractivity contribution is 6.31. The molecule has 1 unspecified atom stereocenters. The molecule has 0 aliphatic carbocycles. The number of benzene rings is 1. The molecule has 1 heterocycles. The van der Waals surface area contributed by atoms with Gasteiger partial charge in [0.2, 0.25) is 0 Å². The van der Waals surface area contributed by atoms with Crippen LogP contribution in [0.5, 0.6) is 0 Å². The zero-order valence-corrected chi connectivity index (χ0v) is 11.7. The topological polar surface area (TPSA) is 24.9 Å². The quantitative estimate of drug-likeness (QED) is 0.923. The molecular formula is C15H16ClFN2. The molecule has 1 aromatic heterocycles. The third-order valence-electron chi connectivity index (χ3n) is 3.05. The highest BCUT2D eigenvalue weighted by Crippen LogP contribution is 2.23. The largest absolute Gasteiger partial charge is 0.311 e. The first-order valence-corrected chi connectivity index (χ1v) is 6.52. The van der Waals surface area contributed by atoms with Crippen molar-refractivity contribution in [3.05, 3.63) is 64.2 Å². The predicted molar refractivity (Wildman–Crippen MR) is 75.9 cm³/mol. The fourth-order valence-corrected chi connectivity index (χ4v) is 2.26. The molecule has 0 amide bonds. The molecule has 0 fully saturated rings. The molecule has 0 saturated heterocycles. The molecular weight excluding hydrogens is 263 g/mol. The molecule has 0 aliphatic rings. The van der Waals surface area contributed by atoms with Gasteiger partial charge in [-0.15, -0.1) is 0 Å². The van der Waals surface area contributed by atoms with Gasteiger partial charge in [0, 0.05) is 10.7 Å². The van der Waals surface area contributed by atoms with Gasteiger partial charge in [-0.05, 0) is 50.2 Å². The lowest BCUT2D eigenvalue weighted by Crippen LogP contribution is -2.20. The summed E-state index contributed by atoms with van der Waals surface area (Å²) in [5.41, 5.74) is 2.84. The SMILES string of the molecule is CNC(Cc1ccc(F)cc1Cl)c1cccc(C)n1. The maximum Gasteiger partial charge on any atom is 0.124 e. The van der Waals surface area contributed by atoms with Crippen molar-refractivity contribution in [1.29, 1.82) is 0 Å². The summed E-state index contributed by atoms with van der Waals surface area (Å²) >= 11 is 6.06. The number of pyridine rings is 1. The highest BCUT2D eigenvalue weighted by Gasteiger charge is 2.13. The predicted octanol–water partition coefficient (Wildman–Crippen LogP) is 3.69. The maximum absolute atomic E-state index is 13.0. The second-order valence-electron chi connectivity index (χ2n) is 4.48. The van der Waals surface area contributed by atoms with E-state index in [-0.39, 0.29) is 11.9 Å². The van der Waals surface area contributed by atoms with E-state index >= 15 is 0 Å². The molecule has 100 valence electrons. The number of aryl methyl sites for hydroxylation is 1. The molecule has 4 heteroatoms. The minimum absolute atomic E-state index is 0.0582. The van der Waals surface area contributed by atoms with Crippen molar-refractivity contribution in [2.45, 2.75) is 19.4 Å². The molecule has 1 atom stereocenters. The van der Waals surface area contributed by atoms with E-state index in [2.05, 4.69) is 10.3 Å². The monoisotopic (exact) mass is 278 g/mol. The maximum atomic E-state index is 13.0. The Hall–Kier alpha value is -1.45. The third-order valence-corrected chi connectivity index (χ3v) is 3.41. The number of nitrogens with one attached hydrogen (secondary N) is 1. The van der Waals surface area contributed by atoms with Gasteiger partial charge in [-0.3, -0.25) is 4.98 Å². The van der Waals surface area contributed by atoms with Crippen LogP contribution in [0.15, 0.2) is 36.4 Å². The van der Waals surface area contributed by atoms with E-state index in [0.717, 1.165) is 17.0 Å². The van der Waals surface area contributed by atoms with Crippen LogP contribution < -0.4 is 5.32 Å². The molecule has 2 aromatic rings. The number of hydrogen-bond donors (Lipinski definition) is 1. The minimum atomic E-state index is -0.316. The summed E-state index contributed by atoms with van der Waals surface area (Å²) in [6.45, 7) is 1.96. The Balaban J connectivity index is 2.24. The number of halogens is 2. The average molecular weight is 279 g/mol. The van der Waals surface area contributed by atoms with Crippen molar-refractivity contribution in [3.8, 4) is 0 Å². The van der Waals surface area contributed by atoms with Crippen LogP contribution in [0.1, 0.15) is 23.0 Å². The van der Waals surface area contributed by atoms with E-state index in [0.29, 0.717) is 11.4 Å². The Labute approximate surface area is 117 Å². The van der Waals surface area contributed by atoms with Gasteiger partial charge in [-0.1, -0.05) is 23.7 Å². The van der Waals surface area contributed by atoms with Crippen molar-refractivity contribution in [1.82, 2.24) is 10.3 Å². The number of nitrogens with zero attached hydrogens (tertiary/aromatic N) is 1. The number of likely N-dealkylation sites (N-methyl/N-ethyl adjacent to an activating group) is 1. The molecule has 1 aromatic carbocycles. The second kappa shape index (κ2) is 6.13. The van der Waals surface area contributed by atoms with Gasteiger partial charge in [0.1, 0.15) is 5.82 Å². The first-order valence-electron chi connectivity index (χ1n) is 6.15. The van der Waals surface area contributed by atoms with Crippen molar-refractivity contribution >= 4 is 11.6 Å². The molecule has 0 radical (unpaired) electrons. The summed E-state index contributed by atoms with van der Waals surface area (Å²) in [6, 6.07) is 10.5. The number of aromatic nitrogens is 1. The van der Waals surface area contributed by atoms with Crippen molar-refractivity contribution in [2.75, 3.05) is 7.05 Å². The smallest absolute Gasteiger partial charge is 0.124 e. The summed E-state index contributed by atoms with van der Waals surface area (Å²) < 4.78 is 13.0. The lowest BCUT2D eigenvalue weighted by atomic mass is 10.0. The van der Waals surface area contributed by atoms with Crippen LogP contribution in [0.4, 0.5) is 4.39 Å². The third kappa shape index (κ3) is 3.52. The van der Waals surface area contributed by atoms with Gasteiger partial charge in [0.15, 0.2) is 0 Å². The van der Waals surface area contributed by atoms with E-state index in [1.54, 1.807) is 6.07 Å². The van der Waals surface area contributed by atoms with Gasteiger partial charge in [0.05, 0.1) is 11.7 Å². The zero-order chi connectivity index (χ0) is 13.8. The molecule has 0 aliphatic heterocycles. The normalized spacial score (nSPS) is 12.4. The van der Waals surface area contributed by atoms with Gasteiger partial charge in [-0.2, -0.15) is 0 Å². The first-order chi connectivity index (χ1) is 9.10. The average Bonchev–Trinajstić information content (AvgIpc) is 2.38. The number of hydrogen-bond acceptors (Lipinski definition) is 2. The standard InChI is InChI=1S/C15H16ClFN2/c1-10-4-3-5-14(19-10)15(18-2)8-11-6-7-12(17)9-13(11)16/h3-7,9,15,18H,8H2,1-2H3. The Morgan fingerprint density at radius 3 is 2.74 bits per heavy atom. The molecule has 19 heavy (non-hydrogen) atoms. The first kappa shape index (κ1) is 14.0. The van der Waals surface area contributed by atoms with Crippen LogP contribution in [-0.2, 0) is 6.42 Å². The van der Waals surface area contributed by atoms with Crippen LogP contribution in [0.25, 0.3) is 0 Å². The molecule has 1 N–H and O–H groups in total. The summed E-state index contributed by atoms with van der Waals surface area (Å²) in [4.78, 5) is 4.51. The zero-order valence-electron chi connectivity index (χ0n) is 11.0. The number of rotatable bonds is 4. The van der Waals surface area contributed by atoms with Crippen LogP contribution >= 0.6 is 11.6 Å². The lowest BCUT2D eigenvalue weighted by Gasteiger charge is -2.17. The molecule has 2 rings (SSSR count). The highest BCUT2D eigenvalue weighted by atomic mass is 35.5. The van der Waals surface area contributed by atoms with Crippen molar-refractivity contribution in [2.24, 2.45) is 0 Å². The Kier molecular flexibility index (Phi) is 4.51. The van der Waals surface area contributed by atoms with Crippen LogP contribution in [-0.4, -0.2) is 12.0 Å². The fraction of sp³-hybridized carbons (Fsp3) is 0.267. The van der Waals surface area contributed by atoms with Crippen LogP contribution in [0.2, 0.25) is 5.02 Å². The van der Waals surface area contributed by atoms with Crippen LogP contribution in [0.3, 0.4) is 0 Å². The molecule has 0 spiro atoms. The Morgan fingerprint density at radius 1 is 1.32 bits per heavy atom. The van der Waals surface area contributed by atoms with Crippen molar-refractivity contribution in [3.63, 3.8) is 0 Å². The van der Waals surface area contributed by atoms with E-state index in [1.165, 1.54) is 12.1 Å². The van der Waals surface area contributed by atoms with Gasteiger partial charge in [-0.25, -0.2) is 4.39 Å². The summed E-state index contributed by atoms with van der Waals surface area (Å²) in [5, 5.41) is 3.67. The van der Waals surface area contributed by atoms with E-state index in [1.807, 2.05) is 32.2 Å². The van der Waals surface area contributed by atoms with Gasteiger partial charge >= 0.3 is 0 Å². The summed E-state index contributed by atoms with van der Waals surface area (Å²) in [6.07, 6.45) is 0.673. The van der Waals surface area contributed by atoms with E-state index in [9.17, 15) is 4.39 Å². The lowest BCUT2D eigenvalue weighted by molar-refractivity contribution is 0.572.